The molecule has 0 spiro atoms. The molecule has 1 fully saturated rings. The van der Waals surface area contributed by atoms with Gasteiger partial charge in [-0.05, 0) is 55.2 Å². The predicted octanol–water partition coefficient (Wildman–Crippen LogP) is 3.56. The molecule has 0 radical (unpaired) electrons. The number of carbonyl (C=O) groups excluding carboxylic acids is 2. The Bertz CT molecular complexity index is 813. The number of nitrogens with one attached hydrogen (secondary N) is 1. The van der Waals surface area contributed by atoms with Crippen LogP contribution in [0.5, 0.6) is 5.75 Å². The van der Waals surface area contributed by atoms with Crippen molar-refractivity contribution in [2.24, 2.45) is 0 Å². The maximum absolute atomic E-state index is 12.7. The van der Waals surface area contributed by atoms with Crippen molar-refractivity contribution < 1.29 is 18.7 Å². The Kier molecular flexibility index (Phi) is 4.76. The molecule has 26 heavy (non-hydrogen) atoms. The van der Waals surface area contributed by atoms with Crippen LogP contribution in [0, 0.1) is 6.92 Å². The fourth-order valence-electron chi connectivity index (χ4n) is 3.27. The van der Waals surface area contributed by atoms with Crippen LogP contribution < -0.4 is 10.1 Å². The minimum atomic E-state index is -1.17. The fraction of sp³-hybridized carbons (Fsp3) is 0.400. The first-order valence-corrected chi connectivity index (χ1v) is 8.74. The molecule has 1 unspecified atom stereocenters. The Hall–Kier alpha value is -2.76. The normalized spacial score (nSPS) is 20.0. The van der Waals surface area contributed by atoms with Gasteiger partial charge in [-0.25, -0.2) is 4.79 Å². The molecule has 1 atom stereocenters. The summed E-state index contributed by atoms with van der Waals surface area (Å²) in [7, 11) is 0. The van der Waals surface area contributed by atoms with Crippen molar-refractivity contribution in [2.75, 3.05) is 13.2 Å². The molecule has 1 aromatic heterocycles. The Balaban J connectivity index is 1.63. The Labute approximate surface area is 153 Å². The van der Waals surface area contributed by atoms with E-state index in [-0.39, 0.29) is 19.1 Å². The van der Waals surface area contributed by atoms with E-state index in [9.17, 15) is 9.59 Å². The van der Waals surface area contributed by atoms with Crippen molar-refractivity contribution >= 4 is 11.9 Å². The van der Waals surface area contributed by atoms with Gasteiger partial charge in [-0.3, -0.25) is 9.69 Å². The Morgan fingerprint density at radius 1 is 1.27 bits per heavy atom. The molecular formula is C20H24N2O4. The quantitative estimate of drug-likeness (QED) is 0.804. The number of carbonyl (C=O) groups is 2. The van der Waals surface area contributed by atoms with Crippen molar-refractivity contribution in [3.8, 4) is 5.75 Å². The zero-order chi connectivity index (χ0) is 18.9. The lowest BCUT2D eigenvalue weighted by molar-refractivity contribution is -0.131. The first-order chi connectivity index (χ1) is 12.3. The van der Waals surface area contributed by atoms with E-state index in [1.807, 2.05) is 12.1 Å². The largest absolute Gasteiger partial charge is 0.492 e. The zero-order valence-corrected chi connectivity index (χ0v) is 15.5. The van der Waals surface area contributed by atoms with E-state index in [2.05, 4.69) is 32.2 Å². The number of imide groups is 1. The van der Waals surface area contributed by atoms with Gasteiger partial charge in [0.05, 0.1) is 12.8 Å². The second-order valence-electron chi connectivity index (χ2n) is 7.01. The summed E-state index contributed by atoms with van der Waals surface area (Å²) in [4.78, 5) is 26.1. The van der Waals surface area contributed by atoms with Crippen LogP contribution in [0.2, 0.25) is 0 Å². The minimum Gasteiger partial charge on any atom is -0.492 e. The molecule has 2 aromatic rings. The lowest BCUT2D eigenvalue weighted by atomic mass is 9.98. The van der Waals surface area contributed by atoms with Gasteiger partial charge in [-0.15, -0.1) is 0 Å². The van der Waals surface area contributed by atoms with Gasteiger partial charge >= 0.3 is 6.03 Å². The van der Waals surface area contributed by atoms with Gasteiger partial charge in [0.2, 0.25) is 0 Å². The van der Waals surface area contributed by atoms with Crippen LogP contribution in [0.15, 0.2) is 41.0 Å². The molecule has 1 saturated heterocycles. The van der Waals surface area contributed by atoms with E-state index in [4.69, 9.17) is 9.15 Å². The van der Waals surface area contributed by atoms with Crippen LogP contribution in [-0.4, -0.2) is 30.0 Å². The average Bonchev–Trinajstić information content (AvgIpc) is 3.18. The van der Waals surface area contributed by atoms with E-state index in [0.717, 1.165) is 16.2 Å². The van der Waals surface area contributed by atoms with Crippen molar-refractivity contribution in [3.63, 3.8) is 0 Å². The highest BCUT2D eigenvalue weighted by Crippen LogP contribution is 2.29. The summed E-state index contributed by atoms with van der Waals surface area (Å²) in [6.07, 6.45) is 1.48. The zero-order valence-electron chi connectivity index (χ0n) is 15.5. The molecule has 1 aliphatic heterocycles. The summed E-state index contributed by atoms with van der Waals surface area (Å²) in [5, 5.41) is 2.70. The van der Waals surface area contributed by atoms with Crippen LogP contribution in [0.1, 0.15) is 43.6 Å². The van der Waals surface area contributed by atoms with Gasteiger partial charge < -0.3 is 14.5 Å². The summed E-state index contributed by atoms with van der Waals surface area (Å²) in [6.45, 7) is 8.39. The van der Waals surface area contributed by atoms with E-state index >= 15 is 0 Å². The van der Waals surface area contributed by atoms with Crippen LogP contribution in [0.4, 0.5) is 4.79 Å². The van der Waals surface area contributed by atoms with Gasteiger partial charge in [0.15, 0.2) is 5.54 Å². The first kappa shape index (κ1) is 18.0. The van der Waals surface area contributed by atoms with Crippen LogP contribution in [0.3, 0.4) is 0 Å². The number of nitrogens with zero attached hydrogens (tertiary/aromatic N) is 1. The van der Waals surface area contributed by atoms with Gasteiger partial charge in [0, 0.05) is 0 Å². The third kappa shape index (κ3) is 3.19. The van der Waals surface area contributed by atoms with E-state index in [0.29, 0.717) is 11.7 Å². The molecule has 0 saturated carbocycles. The maximum atomic E-state index is 12.7. The summed E-state index contributed by atoms with van der Waals surface area (Å²) >= 11 is 0. The molecule has 1 aliphatic rings. The monoisotopic (exact) mass is 356 g/mol. The van der Waals surface area contributed by atoms with Gasteiger partial charge in [-0.1, -0.05) is 19.9 Å². The maximum Gasteiger partial charge on any atom is 0.325 e. The van der Waals surface area contributed by atoms with Crippen LogP contribution in [-0.2, 0) is 10.3 Å². The smallest absolute Gasteiger partial charge is 0.325 e. The van der Waals surface area contributed by atoms with Crippen molar-refractivity contribution in [2.45, 2.75) is 39.2 Å². The molecule has 0 aliphatic carbocycles. The molecular weight excluding hydrogens is 332 g/mol. The number of amides is 3. The first-order valence-electron chi connectivity index (χ1n) is 8.74. The molecule has 2 heterocycles. The number of benzene rings is 1. The lowest BCUT2D eigenvalue weighted by Crippen LogP contribution is -2.41. The SMILES string of the molecule is Cc1cc(OCCN2C(=O)NC(C)(c3ccco3)C2=O)ccc1C(C)C. The number of furan rings is 1. The highest BCUT2D eigenvalue weighted by molar-refractivity contribution is 6.06. The van der Waals surface area contributed by atoms with Gasteiger partial charge in [0.1, 0.15) is 18.1 Å². The highest BCUT2D eigenvalue weighted by Gasteiger charge is 2.50. The van der Waals surface area contributed by atoms with Crippen molar-refractivity contribution in [3.05, 3.63) is 53.5 Å². The summed E-state index contributed by atoms with van der Waals surface area (Å²) < 4.78 is 11.1. The molecule has 6 heteroatoms. The van der Waals surface area contributed by atoms with Crippen LogP contribution in [0.25, 0.3) is 0 Å². The molecule has 3 rings (SSSR count). The Morgan fingerprint density at radius 3 is 2.65 bits per heavy atom. The highest BCUT2D eigenvalue weighted by atomic mass is 16.5. The minimum absolute atomic E-state index is 0.173. The molecule has 138 valence electrons. The standard InChI is InChI=1S/C20H24N2O4/c1-13(2)16-8-7-15(12-14(16)3)25-11-9-22-18(23)20(4,21-19(22)24)17-6-5-10-26-17/h5-8,10,12-13H,9,11H2,1-4H3,(H,21,24). The second kappa shape index (κ2) is 6.86. The third-order valence-corrected chi connectivity index (χ3v) is 4.74. The second-order valence-corrected chi connectivity index (χ2v) is 7.01. The van der Waals surface area contributed by atoms with Crippen molar-refractivity contribution in [1.29, 1.82) is 0 Å². The van der Waals surface area contributed by atoms with E-state index < -0.39 is 11.6 Å². The number of aryl methyl sites for hydroxylation is 1. The topological polar surface area (TPSA) is 71.8 Å². The molecule has 3 amide bonds. The predicted molar refractivity (Wildman–Crippen MR) is 97.1 cm³/mol. The Morgan fingerprint density at radius 2 is 2.04 bits per heavy atom. The molecule has 6 nitrogen and oxygen atoms in total. The van der Waals surface area contributed by atoms with Gasteiger partial charge in [-0.2, -0.15) is 0 Å². The summed E-state index contributed by atoms with van der Waals surface area (Å²) in [5.74, 6) is 1.26. The number of ether oxygens (including phenoxy) is 1. The molecule has 1 aromatic carbocycles. The molecule has 0 bridgehead atoms. The number of urea groups is 1. The fourth-order valence-corrected chi connectivity index (χ4v) is 3.27. The number of rotatable bonds is 6. The molecule has 1 N–H and O–H groups in total. The summed E-state index contributed by atoms with van der Waals surface area (Å²) in [5.41, 5.74) is 1.27. The lowest BCUT2D eigenvalue weighted by Gasteiger charge is -2.19. The van der Waals surface area contributed by atoms with Crippen LogP contribution >= 0.6 is 0 Å². The van der Waals surface area contributed by atoms with Crippen molar-refractivity contribution in [1.82, 2.24) is 10.2 Å². The average molecular weight is 356 g/mol. The number of hydrogen-bond acceptors (Lipinski definition) is 4. The van der Waals surface area contributed by atoms with Gasteiger partial charge in [0.25, 0.3) is 5.91 Å². The number of hydrogen-bond donors (Lipinski definition) is 1. The van der Waals surface area contributed by atoms with E-state index in [1.165, 1.54) is 11.8 Å². The van der Waals surface area contributed by atoms with E-state index in [1.54, 1.807) is 19.1 Å². The summed E-state index contributed by atoms with van der Waals surface area (Å²) in [6, 6.07) is 8.88. The third-order valence-electron chi connectivity index (χ3n) is 4.74.